The Morgan fingerprint density at radius 1 is 1.50 bits per heavy atom. The summed E-state index contributed by atoms with van der Waals surface area (Å²) in [5, 5.41) is 8.91. The van der Waals surface area contributed by atoms with Crippen LogP contribution in [0.3, 0.4) is 0 Å². The maximum Gasteiger partial charge on any atom is 0.180 e. The summed E-state index contributed by atoms with van der Waals surface area (Å²) in [7, 11) is 0. The number of thioether (sulfide) groups is 1. The summed E-state index contributed by atoms with van der Waals surface area (Å²) in [6, 6.07) is 6.56. The van der Waals surface area contributed by atoms with Gasteiger partial charge in [-0.15, -0.1) is 0 Å². The van der Waals surface area contributed by atoms with Gasteiger partial charge in [-0.3, -0.25) is 4.79 Å². The fraction of sp³-hybridized carbons (Fsp3) is 0. The number of carbonyl (C=O) groups is 1. The summed E-state index contributed by atoms with van der Waals surface area (Å²) in [5.41, 5.74) is 0.731. The van der Waals surface area contributed by atoms with E-state index in [4.69, 9.17) is 5.11 Å². The van der Waals surface area contributed by atoms with Gasteiger partial charge < -0.3 is 5.11 Å². The lowest BCUT2D eigenvalue weighted by Gasteiger charge is -1.93. The van der Waals surface area contributed by atoms with Crippen molar-refractivity contribution in [3.8, 4) is 5.75 Å². The molecular weight excluding hydrogens is 148 g/mol. The first-order valence-corrected chi connectivity index (χ1v) is 3.60. The molecule has 0 saturated carbocycles. The molecule has 3 heteroatoms. The van der Waals surface area contributed by atoms with Crippen molar-refractivity contribution in [3.63, 3.8) is 0 Å². The first-order chi connectivity index (χ1) is 4.83. The maximum absolute atomic E-state index is 9.97. The summed E-state index contributed by atoms with van der Waals surface area (Å²) in [6.07, 6.45) is 0. The molecule has 0 spiro atoms. The van der Waals surface area contributed by atoms with Crippen molar-refractivity contribution in [2.45, 2.75) is 4.90 Å². The molecule has 0 atom stereocenters. The van der Waals surface area contributed by atoms with Crippen molar-refractivity contribution in [3.05, 3.63) is 24.3 Å². The number of carbonyl (C=O) groups excluding carboxylic acids is 1. The third-order valence-corrected chi connectivity index (χ3v) is 1.62. The Bertz CT molecular complexity index is 235. The molecule has 10 heavy (non-hydrogen) atoms. The zero-order chi connectivity index (χ0) is 7.40. The van der Waals surface area contributed by atoms with Crippen LogP contribution in [0.25, 0.3) is 0 Å². The van der Waals surface area contributed by atoms with E-state index in [2.05, 4.69) is 0 Å². The van der Waals surface area contributed by atoms with Gasteiger partial charge in [0.2, 0.25) is 0 Å². The second-order valence-electron chi connectivity index (χ2n) is 1.71. The van der Waals surface area contributed by atoms with Crippen LogP contribution in [0.2, 0.25) is 0 Å². The maximum atomic E-state index is 9.97. The summed E-state index contributed by atoms with van der Waals surface area (Å²) in [6.45, 7) is 0. The molecule has 0 saturated heterocycles. The van der Waals surface area contributed by atoms with E-state index < -0.39 is 0 Å². The molecule has 1 N–H and O–H groups in total. The van der Waals surface area contributed by atoms with E-state index in [9.17, 15) is 4.79 Å². The minimum absolute atomic E-state index is 0.187. The van der Waals surface area contributed by atoms with Crippen molar-refractivity contribution in [2.24, 2.45) is 0 Å². The Morgan fingerprint density at radius 2 is 2.30 bits per heavy atom. The van der Waals surface area contributed by atoms with Crippen LogP contribution in [-0.2, 0) is 4.79 Å². The molecule has 1 rings (SSSR count). The number of aromatic hydroxyl groups is 1. The number of phenolic OH excluding ortho intramolecular Hbond substituents is 1. The van der Waals surface area contributed by atoms with Gasteiger partial charge in [-0.2, -0.15) is 0 Å². The molecule has 0 radical (unpaired) electrons. The lowest BCUT2D eigenvalue weighted by molar-refractivity contribution is 0.474. The molecule has 0 unspecified atom stereocenters. The highest BCUT2D eigenvalue weighted by atomic mass is 32.2. The van der Waals surface area contributed by atoms with Crippen LogP contribution < -0.4 is 0 Å². The van der Waals surface area contributed by atoms with Crippen LogP contribution in [0, 0.1) is 0 Å². The number of phenols is 1. The lowest BCUT2D eigenvalue weighted by atomic mass is 10.3. The van der Waals surface area contributed by atoms with Crippen LogP contribution in [0.5, 0.6) is 5.75 Å². The standard InChI is InChI=1S/C7H6O2S/c8-5-10-7-3-1-2-6(9)4-7/h1-5,9H. The third-order valence-electron chi connectivity index (χ3n) is 1.00. The molecule has 1 aromatic rings. The van der Waals surface area contributed by atoms with Gasteiger partial charge in [-0.05, 0) is 18.2 Å². The van der Waals surface area contributed by atoms with Crippen molar-refractivity contribution < 1.29 is 9.90 Å². The minimum atomic E-state index is 0.187. The highest BCUT2D eigenvalue weighted by Gasteiger charge is 1.91. The van der Waals surface area contributed by atoms with E-state index in [1.807, 2.05) is 0 Å². The summed E-state index contributed by atoms with van der Waals surface area (Å²) in [4.78, 5) is 10.7. The second-order valence-corrected chi connectivity index (χ2v) is 2.61. The van der Waals surface area contributed by atoms with Gasteiger partial charge >= 0.3 is 0 Å². The number of benzene rings is 1. The van der Waals surface area contributed by atoms with Gasteiger partial charge in [0.15, 0.2) is 5.62 Å². The van der Waals surface area contributed by atoms with Gasteiger partial charge in [0.05, 0.1) is 0 Å². The smallest absolute Gasteiger partial charge is 0.180 e. The Morgan fingerprint density at radius 3 is 2.90 bits per heavy atom. The van der Waals surface area contributed by atoms with E-state index >= 15 is 0 Å². The van der Waals surface area contributed by atoms with E-state index in [0.29, 0.717) is 0 Å². The second kappa shape index (κ2) is 3.27. The van der Waals surface area contributed by atoms with Gasteiger partial charge in [0, 0.05) is 4.90 Å². The zero-order valence-corrected chi connectivity index (χ0v) is 5.97. The SMILES string of the molecule is O=CSc1cccc(O)c1. The van der Waals surface area contributed by atoms with E-state index in [1.165, 1.54) is 0 Å². The predicted octanol–water partition coefficient (Wildman–Crippen LogP) is 1.67. The Labute approximate surface area is 62.9 Å². The zero-order valence-electron chi connectivity index (χ0n) is 5.15. The van der Waals surface area contributed by atoms with Crippen LogP contribution in [0.15, 0.2) is 29.2 Å². The summed E-state index contributed by atoms with van der Waals surface area (Å²) < 4.78 is 0. The van der Waals surface area contributed by atoms with Crippen molar-refractivity contribution in [1.29, 1.82) is 0 Å². The van der Waals surface area contributed by atoms with Gasteiger partial charge in [-0.1, -0.05) is 17.8 Å². The largest absolute Gasteiger partial charge is 0.508 e. The Hall–Kier alpha value is -0.960. The molecule has 1 aromatic carbocycles. The molecule has 2 nitrogen and oxygen atoms in total. The first kappa shape index (κ1) is 7.15. The Balaban J connectivity index is 2.84. The Kier molecular flexibility index (Phi) is 2.34. The molecule has 0 amide bonds. The topological polar surface area (TPSA) is 37.3 Å². The van der Waals surface area contributed by atoms with Crippen molar-refractivity contribution in [2.75, 3.05) is 0 Å². The number of hydrogen-bond donors (Lipinski definition) is 1. The molecule has 0 bridgehead atoms. The first-order valence-electron chi connectivity index (χ1n) is 2.72. The van der Waals surface area contributed by atoms with Gasteiger partial charge in [0.1, 0.15) is 5.75 Å². The third kappa shape index (κ3) is 1.77. The van der Waals surface area contributed by atoms with Crippen LogP contribution in [0.4, 0.5) is 0 Å². The average Bonchev–Trinajstić information content (AvgIpc) is 1.88. The fourth-order valence-electron chi connectivity index (χ4n) is 0.612. The molecular formula is C7H6O2S. The van der Waals surface area contributed by atoms with E-state index in [0.717, 1.165) is 22.3 Å². The van der Waals surface area contributed by atoms with Crippen LogP contribution in [0.1, 0.15) is 0 Å². The highest BCUT2D eigenvalue weighted by Crippen LogP contribution is 2.19. The van der Waals surface area contributed by atoms with Gasteiger partial charge in [-0.25, -0.2) is 0 Å². The van der Waals surface area contributed by atoms with Crippen molar-refractivity contribution in [1.82, 2.24) is 0 Å². The number of hydrogen-bond acceptors (Lipinski definition) is 3. The quantitative estimate of drug-likeness (QED) is 0.520. The predicted molar refractivity (Wildman–Crippen MR) is 40.7 cm³/mol. The summed E-state index contributed by atoms with van der Waals surface area (Å²) >= 11 is 1.05. The molecule has 0 aliphatic carbocycles. The monoisotopic (exact) mass is 154 g/mol. The number of rotatable bonds is 2. The van der Waals surface area contributed by atoms with E-state index in [-0.39, 0.29) is 5.75 Å². The average molecular weight is 154 g/mol. The molecule has 0 aliphatic heterocycles. The molecule has 0 aliphatic rings. The molecule has 0 fully saturated rings. The lowest BCUT2D eigenvalue weighted by Crippen LogP contribution is -1.69. The fourth-order valence-corrected chi connectivity index (χ4v) is 1.07. The highest BCUT2D eigenvalue weighted by molar-refractivity contribution is 8.11. The van der Waals surface area contributed by atoms with Crippen molar-refractivity contribution >= 4 is 17.4 Å². The normalized spacial score (nSPS) is 9.20. The van der Waals surface area contributed by atoms with E-state index in [1.54, 1.807) is 24.3 Å². The molecule has 52 valence electrons. The van der Waals surface area contributed by atoms with Crippen LogP contribution >= 0.6 is 11.8 Å². The van der Waals surface area contributed by atoms with Crippen LogP contribution in [-0.4, -0.2) is 10.7 Å². The molecule has 0 aromatic heterocycles. The molecule has 0 heterocycles. The van der Waals surface area contributed by atoms with Gasteiger partial charge in [0.25, 0.3) is 0 Å². The minimum Gasteiger partial charge on any atom is -0.508 e. The summed E-state index contributed by atoms with van der Waals surface area (Å²) in [5.74, 6) is 0.187.